The van der Waals surface area contributed by atoms with Gasteiger partial charge in [-0.05, 0) is 30.7 Å². The van der Waals surface area contributed by atoms with Crippen molar-refractivity contribution in [1.29, 1.82) is 0 Å². The van der Waals surface area contributed by atoms with Crippen LogP contribution in [-0.4, -0.2) is 21.5 Å². The fourth-order valence-corrected chi connectivity index (χ4v) is 1.75. The highest BCUT2D eigenvalue weighted by Gasteiger charge is 2.25. The normalized spacial score (nSPS) is 14.3. The number of hydrogen-bond donors (Lipinski definition) is 1. The number of aryl methyl sites for hydroxylation is 2. The molecule has 3 heteroatoms. The van der Waals surface area contributed by atoms with E-state index in [0.29, 0.717) is 0 Å². The monoisotopic (exact) mass is 210 g/mol. The molecular weight excluding hydrogens is 188 g/mol. The van der Waals surface area contributed by atoms with Crippen LogP contribution < -0.4 is 0 Å². The molecule has 0 saturated carbocycles. The van der Waals surface area contributed by atoms with Crippen LogP contribution in [0.2, 0.25) is 0 Å². The van der Waals surface area contributed by atoms with E-state index in [4.69, 9.17) is 0 Å². The summed E-state index contributed by atoms with van der Waals surface area (Å²) in [7, 11) is 1.96. The van der Waals surface area contributed by atoms with Crippen molar-refractivity contribution in [1.82, 2.24) is 9.78 Å². The Kier molecular flexibility index (Phi) is 3.55. The zero-order valence-electron chi connectivity index (χ0n) is 10.4. The molecule has 1 atom stereocenters. The fourth-order valence-electron chi connectivity index (χ4n) is 1.75. The van der Waals surface area contributed by atoms with Gasteiger partial charge in [0.2, 0.25) is 0 Å². The van der Waals surface area contributed by atoms with Gasteiger partial charge in [0, 0.05) is 19.3 Å². The largest absolute Gasteiger partial charge is 0.396 e. The second kappa shape index (κ2) is 4.35. The zero-order valence-corrected chi connectivity index (χ0v) is 10.4. The standard InChI is InChI=1S/C12H22N2O/c1-9-6-11(14(5)13-9)7-10(8-15)12(2,3)4/h6,10,15H,7-8H2,1-5H3. The lowest BCUT2D eigenvalue weighted by molar-refractivity contribution is 0.129. The van der Waals surface area contributed by atoms with Crippen molar-refractivity contribution in [3.63, 3.8) is 0 Å². The molecule has 1 unspecified atom stereocenters. The summed E-state index contributed by atoms with van der Waals surface area (Å²) in [6.45, 7) is 8.72. The molecule has 0 aliphatic heterocycles. The first-order valence-electron chi connectivity index (χ1n) is 5.45. The molecule has 0 bridgehead atoms. The minimum Gasteiger partial charge on any atom is -0.396 e. The van der Waals surface area contributed by atoms with E-state index < -0.39 is 0 Å². The summed E-state index contributed by atoms with van der Waals surface area (Å²) in [4.78, 5) is 0. The van der Waals surface area contributed by atoms with Gasteiger partial charge in [0.05, 0.1) is 5.69 Å². The Bertz CT molecular complexity index is 323. The highest BCUT2D eigenvalue weighted by Crippen LogP contribution is 2.28. The maximum absolute atomic E-state index is 9.39. The Morgan fingerprint density at radius 3 is 2.40 bits per heavy atom. The van der Waals surface area contributed by atoms with Crippen LogP contribution in [0.5, 0.6) is 0 Å². The first-order chi connectivity index (χ1) is 6.84. The van der Waals surface area contributed by atoms with Gasteiger partial charge in [-0.15, -0.1) is 0 Å². The molecule has 1 N–H and O–H groups in total. The maximum atomic E-state index is 9.39. The van der Waals surface area contributed by atoms with Crippen molar-refractivity contribution in [2.75, 3.05) is 6.61 Å². The quantitative estimate of drug-likeness (QED) is 0.827. The Morgan fingerprint density at radius 2 is 2.07 bits per heavy atom. The van der Waals surface area contributed by atoms with Gasteiger partial charge in [0.15, 0.2) is 0 Å². The Balaban J connectivity index is 2.80. The summed E-state index contributed by atoms with van der Waals surface area (Å²) in [5.41, 5.74) is 2.37. The number of aliphatic hydroxyl groups is 1. The SMILES string of the molecule is Cc1cc(CC(CO)C(C)(C)C)n(C)n1. The van der Waals surface area contributed by atoms with Gasteiger partial charge >= 0.3 is 0 Å². The maximum Gasteiger partial charge on any atom is 0.0596 e. The molecule has 0 saturated heterocycles. The first kappa shape index (κ1) is 12.2. The number of nitrogens with zero attached hydrogens (tertiary/aromatic N) is 2. The molecule has 15 heavy (non-hydrogen) atoms. The lowest BCUT2D eigenvalue weighted by atomic mass is 9.78. The Morgan fingerprint density at radius 1 is 1.47 bits per heavy atom. The second-order valence-corrected chi connectivity index (χ2v) is 5.35. The van der Waals surface area contributed by atoms with Gasteiger partial charge < -0.3 is 5.11 Å². The van der Waals surface area contributed by atoms with Gasteiger partial charge in [-0.1, -0.05) is 20.8 Å². The highest BCUT2D eigenvalue weighted by molar-refractivity contribution is 5.09. The number of aromatic nitrogens is 2. The van der Waals surface area contributed by atoms with Crippen LogP contribution in [0.15, 0.2) is 6.07 Å². The molecule has 1 aromatic heterocycles. The van der Waals surface area contributed by atoms with Crippen molar-refractivity contribution in [3.8, 4) is 0 Å². The van der Waals surface area contributed by atoms with Gasteiger partial charge in [-0.3, -0.25) is 4.68 Å². The van der Waals surface area contributed by atoms with Gasteiger partial charge in [0.25, 0.3) is 0 Å². The molecule has 0 radical (unpaired) electrons. The lowest BCUT2D eigenvalue weighted by Crippen LogP contribution is -2.26. The predicted molar refractivity (Wildman–Crippen MR) is 61.7 cm³/mol. The minimum atomic E-state index is 0.132. The first-order valence-corrected chi connectivity index (χ1v) is 5.45. The third-order valence-corrected chi connectivity index (χ3v) is 3.00. The van der Waals surface area contributed by atoms with Crippen molar-refractivity contribution in [2.24, 2.45) is 18.4 Å². The van der Waals surface area contributed by atoms with Gasteiger partial charge in [-0.25, -0.2) is 0 Å². The lowest BCUT2D eigenvalue weighted by Gasteiger charge is -2.28. The second-order valence-electron chi connectivity index (χ2n) is 5.35. The van der Waals surface area contributed by atoms with E-state index in [9.17, 15) is 5.11 Å². The van der Waals surface area contributed by atoms with E-state index >= 15 is 0 Å². The summed E-state index contributed by atoms with van der Waals surface area (Å²) >= 11 is 0. The van der Waals surface area contributed by atoms with Crippen molar-refractivity contribution < 1.29 is 5.11 Å². The van der Waals surface area contributed by atoms with Crippen LogP contribution in [0.25, 0.3) is 0 Å². The summed E-state index contributed by atoms with van der Waals surface area (Å²) in [5, 5.41) is 13.7. The van der Waals surface area contributed by atoms with Crippen LogP contribution in [0.1, 0.15) is 32.2 Å². The molecule has 1 aromatic rings. The molecule has 0 amide bonds. The number of rotatable bonds is 3. The van der Waals surface area contributed by atoms with E-state index in [-0.39, 0.29) is 17.9 Å². The van der Waals surface area contributed by atoms with E-state index in [0.717, 1.165) is 12.1 Å². The van der Waals surface area contributed by atoms with Crippen molar-refractivity contribution in [2.45, 2.75) is 34.1 Å². The number of aliphatic hydroxyl groups excluding tert-OH is 1. The molecule has 0 spiro atoms. The van der Waals surface area contributed by atoms with Crippen LogP contribution in [0.4, 0.5) is 0 Å². The fraction of sp³-hybridized carbons (Fsp3) is 0.750. The van der Waals surface area contributed by atoms with Gasteiger partial charge in [0.1, 0.15) is 0 Å². The minimum absolute atomic E-state index is 0.132. The molecule has 0 aliphatic rings. The molecule has 3 nitrogen and oxygen atoms in total. The third-order valence-electron chi connectivity index (χ3n) is 3.00. The molecular formula is C12H22N2O. The summed E-state index contributed by atoms with van der Waals surface area (Å²) < 4.78 is 1.91. The van der Waals surface area contributed by atoms with Crippen LogP contribution in [0.3, 0.4) is 0 Å². The summed E-state index contributed by atoms with van der Waals surface area (Å²) in [6.07, 6.45) is 0.886. The highest BCUT2D eigenvalue weighted by atomic mass is 16.3. The average Bonchev–Trinajstić information content (AvgIpc) is 2.38. The number of hydrogen-bond acceptors (Lipinski definition) is 2. The summed E-state index contributed by atoms with van der Waals surface area (Å²) in [6, 6.07) is 2.09. The van der Waals surface area contributed by atoms with Crippen LogP contribution >= 0.6 is 0 Å². The topological polar surface area (TPSA) is 38.0 Å². The van der Waals surface area contributed by atoms with Gasteiger partial charge in [-0.2, -0.15) is 5.10 Å². The van der Waals surface area contributed by atoms with E-state index in [2.05, 4.69) is 31.9 Å². The predicted octanol–water partition coefficient (Wildman–Crippen LogP) is 1.93. The third kappa shape index (κ3) is 3.06. The average molecular weight is 210 g/mol. The van der Waals surface area contributed by atoms with E-state index in [1.165, 1.54) is 5.69 Å². The van der Waals surface area contributed by atoms with Crippen LogP contribution in [-0.2, 0) is 13.5 Å². The van der Waals surface area contributed by atoms with Crippen LogP contribution in [0, 0.1) is 18.3 Å². The summed E-state index contributed by atoms with van der Waals surface area (Å²) in [5.74, 6) is 0.285. The molecule has 1 heterocycles. The molecule has 1 rings (SSSR count). The molecule has 0 aliphatic carbocycles. The van der Waals surface area contributed by atoms with Crippen molar-refractivity contribution in [3.05, 3.63) is 17.5 Å². The van der Waals surface area contributed by atoms with E-state index in [1.807, 2.05) is 18.7 Å². The molecule has 0 fully saturated rings. The molecule has 86 valence electrons. The molecule has 0 aromatic carbocycles. The Labute approximate surface area is 92.1 Å². The van der Waals surface area contributed by atoms with Crippen molar-refractivity contribution >= 4 is 0 Å². The smallest absolute Gasteiger partial charge is 0.0596 e. The Hall–Kier alpha value is -0.830. The zero-order chi connectivity index (χ0) is 11.6. The van der Waals surface area contributed by atoms with E-state index in [1.54, 1.807) is 0 Å².